The Morgan fingerprint density at radius 2 is 2.40 bits per heavy atom. The van der Waals surface area contributed by atoms with Crippen LogP contribution in [-0.4, -0.2) is 30.7 Å². The average molecular weight is 273 g/mol. The van der Waals surface area contributed by atoms with Crippen LogP contribution in [0.3, 0.4) is 0 Å². The lowest BCUT2D eigenvalue weighted by molar-refractivity contribution is -0.384. The third-order valence-corrected chi connectivity index (χ3v) is 2.26. The number of phenolic OH excluding ortho intramolecular Hbond substituents is 1. The van der Waals surface area contributed by atoms with Gasteiger partial charge in [0.15, 0.2) is 0 Å². The highest BCUT2D eigenvalue weighted by atomic mass is 16.6. The molecule has 0 fully saturated rings. The lowest BCUT2D eigenvalue weighted by atomic mass is 10.2. The van der Waals surface area contributed by atoms with Crippen molar-refractivity contribution in [3.05, 3.63) is 40.3 Å². The Morgan fingerprint density at radius 1 is 1.60 bits per heavy atom. The van der Waals surface area contributed by atoms with Gasteiger partial charge in [-0.15, -0.1) is 10.2 Å². The van der Waals surface area contributed by atoms with Crippen molar-refractivity contribution in [2.24, 2.45) is 0 Å². The molecule has 2 rings (SSSR count). The summed E-state index contributed by atoms with van der Waals surface area (Å²) in [6, 6.07) is 5.42. The molecule has 10 heteroatoms. The number of allylic oxidation sites excluding steroid dienone is 1. The first-order valence-corrected chi connectivity index (χ1v) is 5.20. The van der Waals surface area contributed by atoms with Crippen LogP contribution in [0.25, 0.3) is 5.57 Å². The van der Waals surface area contributed by atoms with Gasteiger partial charge >= 0.3 is 0 Å². The minimum atomic E-state index is -0.656. The van der Waals surface area contributed by atoms with E-state index in [9.17, 15) is 15.2 Å². The molecule has 100 valence electrons. The number of nitrogens with one attached hydrogen (secondary N) is 2. The van der Waals surface area contributed by atoms with Crippen LogP contribution in [-0.2, 0) is 0 Å². The Bertz CT molecular complexity index is 702. The zero-order chi connectivity index (χ0) is 14.5. The number of nitro groups is 1. The largest absolute Gasteiger partial charge is 0.508 e. The van der Waals surface area contributed by atoms with Crippen LogP contribution in [0.4, 0.5) is 11.4 Å². The molecule has 0 aliphatic rings. The molecule has 1 aromatic heterocycles. The second-order valence-corrected chi connectivity index (χ2v) is 3.51. The molecule has 0 unspecified atom stereocenters. The van der Waals surface area contributed by atoms with Crippen molar-refractivity contribution in [2.45, 2.75) is 0 Å². The number of H-pyrrole nitrogens is 1. The lowest BCUT2D eigenvalue weighted by Crippen LogP contribution is -1.97. The molecule has 0 amide bonds. The van der Waals surface area contributed by atoms with Crippen LogP contribution in [0.15, 0.2) is 24.4 Å². The number of rotatable bonds is 4. The van der Waals surface area contributed by atoms with Crippen LogP contribution >= 0.6 is 0 Å². The Kier molecular flexibility index (Phi) is 3.53. The van der Waals surface area contributed by atoms with Gasteiger partial charge in [0, 0.05) is 6.20 Å². The van der Waals surface area contributed by atoms with E-state index >= 15 is 0 Å². The molecule has 0 atom stereocenters. The number of hydrogen-bond acceptors (Lipinski definition) is 8. The maximum Gasteiger partial charge on any atom is 0.296 e. The van der Waals surface area contributed by atoms with E-state index in [4.69, 9.17) is 5.26 Å². The SMILES string of the molecule is N#CC(=CNc1ccc(O)cc1[N+](=O)[O-])c1nn[nH]n1. The van der Waals surface area contributed by atoms with Gasteiger partial charge in [0.1, 0.15) is 23.1 Å². The molecule has 0 radical (unpaired) electrons. The summed E-state index contributed by atoms with van der Waals surface area (Å²) in [6.45, 7) is 0. The Hall–Kier alpha value is -3.48. The molecule has 3 N–H and O–H groups in total. The van der Waals surface area contributed by atoms with Crippen molar-refractivity contribution in [1.29, 1.82) is 5.26 Å². The van der Waals surface area contributed by atoms with E-state index in [2.05, 4.69) is 25.9 Å². The first-order chi connectivity index (χ1) is 9.61. The standard InChI is InChI=1S/C10H7N7O3/c11-4-6(10-13-15-16-14-10)5-12-8-2-1-7(18)3-9(8)17(19)20/h1-3,5,12,18H,(H,13,14,15,16). The summed E-state index contributed by atoms with van der Waals surface area (Å²) in [4.78, 5) is 10.2. The fourth-order valence-corrected chi connectivity index (χ4v) is 1.37. The van der Waals surface area contributed by atoms with Gasteiger partial charge in [-0.25, -0.2) is 0 Å². The minimum absolute atomic E-state index is 0.0427. The second kappa shape index (κ2) is 5.44. The number of aromatic nitrogens is 4. The van der Waals surface area contributed by atoms with E-state index in [1.54, 1.807) is 0 Å². The summed E-state index contributed by atoms with van der Waals surface area (Å²) in [6.07, 6.45) is 1.21. The van der Waals surface area contributed by atoms with E-state index in [0.29, 0.717) is 0 Å². The topological polar surface area (TPSA) is 154 Å². The van der Waals surface area contributed by atoms with E-state index in [1.165, 1.54) is 18.3 Å². The highest BCUT2D eigenvalue weighted by Gasteiger charge is 2.14. The predicted molar refractivity (Wildman–Crippen MR) is 66.2 cm³/mol. The summed E-state index contributed by atoms with van der Waals surface area (Å²) in [5.41, 5.74) is -0.170. The highest BCUT2D eigenvalue weighted by molar-refractivity contribution is 5.75. The summed E-state index contributed by atoms with van der Waals surface area (Å²) >= 11 is 0. The molecule has 1 aromatic carbocycles. The molecule has 10 nitrogen and oxygen atoms in total. The molecule has 1 heterocycles. The second-order valence-electron chi connectivity index (χ2n) is 3.51. The predicted octanol–water partition coefficient (Wildman–Crippen LogP) is 0.790. The van der Waals surface area contributed by atoms with Crippen LogP contribution in [0.1, 0.15) is 5.82 Å². The van der Waals surface area contributed by atoms with Crippen LogP contribution in [0, 0.1) is 21.4 Å². The first kappa shape index (κ1) is 13.0. The molecular formula is C10H7N7O3. The molecule has 0 aliphatic carbocycles. The minimum Gasteiger partial charge on any atom is -0.508 e. The summed E-state index contributed by atoms with van der Waals surface area (Å²) in [5.74, 6) is -0.175. The number of aromatic hydroxyl groups is 1. The fraction of sp³-hybridized carbons (Fsp3) is 0. The van der Waals surface area contributed by atoms with Gasteiger partial charge < -0.3 is 10.4 Å². The van der Waals surface area contributed by atoms with Gasteiger partial charge in [-0.05, 0) is 17.3 Å². The van der Waals surface area contributed by atoms with Gasteiger partial charge in [-0.3, -0.25) is 10.1 Å². The molecule has 0 saturated carbocycles. The maximum atomic E-state index is 10.8. The Morgan fingerprint density at radius 3 is 3.00 bits per heavy atom. The summed E-state index contributed by atoms with van der Waals surface area (Å²) < 4.78 is 0. The van der Waals surface area contributed by atoms with Crippen LogP contribution < -0.4 is 5.32 Å². The van der Waals surface area contributed by atoms with Crippen LogP contribution in [0.5, 0.6) is 5.75 Å². The molecule has 0 aliphatic heterocycles. The fourth-order valence-electron chi connectivity index (χ4n) is 1.37. The van der Waals surface area contributed by atoms with Gasteiger partial charge in [0.05, 0.1) is 11.0 Å². The van der Waals surface area contributed by atoms with Crippen molar-refractivity contribution in [3.8, 4) is 11.8 Å². The van der Waals surface area contributed by atoms with Crippen molar-refractivity contribution >= 4 is 16.9 Å². The molecular weight excluding hydrogens is 266 g/mol. The van der Waals surface area contributed by atoms with Gasteiger partial charge in [0.2, 0.25) is 5.82 Å². The number of nitriles is 1. The van der Waals surface area contributed by atoms with E-state index in [-0.39, 0.29) is 28.5 Å². The number of nitrogens with zero attached hydrogens (tertiary/aromatic N) is 5. The average Bonchev–Trinajstić information content (AvgIpc) is 2.94. The maximum absolute atomic E-state index is 10.8. The summed E-state index contributed by atoms with van der Waals surface area (Å²) in [5, 5.41) is 44.4. The highest BCUT2D eigenvalue weighted by Crippen LogP contribution is 2.28. The van der Waals surface area contributed by atoms with E-state index in [1.807, 2.05) is 6.07 Å². The monoisotopic (exact) mass is 273 g/mol. The number of nitro benzene ring substituents is 1. The third-order valence-electron chi connectivity index (χ3n) is 2.26. The van der Waals surface area contributed by atoms with Crippen molar-refractivity contribution in [2.75, 3.05) is 5.32 Å². The van der Waals surface area contributed by atoms with Gasteiger partial charge in [-0.2, -0.15) is 10.5 Å². The normalized spacial score (nSPS) is 10.8. The molecule has 0 bridgehead atoms. The van der Waals surface area contributed by atoms with Gasteiger partial charge in [0.25, 0.3) is 5.69 Å². The Balaban J connectivity index is 2.31. The molecule has 20 heavy (non-hydrogen) atoms. The van der Waals surface area contributed by atoms with E-state index in [0.717, 1.165) is 6.07 Å². The van der Waals surface area contributed by atoms with Gasteiger partial charge in [-0.1, -0.05) is 0 Å². The zero-order valence-corrected chi connectivity index (χ0v) is 9.81. The number of tetrazole rings is 1. The number of aromatic amines is 1. The van der Waals surface area contributed by atoms with Crippen molar-refractivity contribution < 1.29 is 10.0 Å². The third kappa shape index (κ3) is 2.67. The van der Waals surface area contributed by atoms with Crippen molar-refractivity contribution in [3.63, 3.8) is 0 Å². The lowest BCUT2D eigenvalue weighted by Gasteiger charge is -2.03. The quantitative estimate of drug-likeness (QED) is 0.319. The number of benzene rings is 1. The van der Waals surface area contributed by atoms with E-state index < -0.39 is 4.92 Å². The zero-order valence-electron chi connectivity index (χ0n) is 9.81. The first-order valence-electron chi connectivity index (χ1n) is 5.20. The summed E-state index contributed by atoms with van der Waals surface area (Å²) in [7, 11) is 0. The smallest absolute Gasteiger partial charge is 0.296 e. The molecule has 0 saturated heterocycles. The number of anilines is 1. The number of hydrogen-bond donors (Lipinski definition) is 3. The number of phenols is 1. The van der Waals surface area contributed by atoms with Crippen LogP contribution in [0.2, 0.25) is 0 Å². The molecule has 2 aromatic rings. The molecule has 0 spiro atoms. The van der Waals surface area contributed by atoms with Crippen molar-refractivity contribution in [1.82, 2.24) is 20.6 Å². The Labute approximate surface area is 111 Å².